The number of nitrogens with one attached hydrogen (secondary N) is 1. The molecule has 1 unspecified atom stereocenters. The molecule has 0 saturated heterocycles. The number of halogens is 1. The minimum Gasteiger partial charge on any atom is -0.383 e. The number of rotatable bonds is 6. The van der Waals surface area contributed by atoms with Gasteiger partial charge in [0.25, 0.3) is 11.5 Å². The highest BCUT2D eigenvalue weighted by Gasteiger charge is 2.19. The molecule has 0 bridgehead atoms. The van der Waals surface area contributed by atoms with Crippen molar-refractivity contribution in [1.82, 2.24) is 14.9 Å². The summed E-state index contributed by atoms with van der Waals surface area (Å²) in [6.07, 6.45) is 0. The van der Waals surface area contributed by atoms with E-state index >= 15 is 0 Å². The second-order valence-electron chi connectivity index (χ2n) is 6.14. The number of carbonyl (C=O) groups excluding carboxylic acids is 1. The van der Waals surface area contributed by atoms with Crippen LogP contribution in [0.25, 0.3) is 10.9 Å². The lowest BCUT2D eigenvalue weighted by Crippen LogP contribution is -2.34. The largest absolute Gasteiger partial charge is 0.383 e. The first-order chi connectivity index (χ1) is 13.0. The molecule has 1 atom stereocenters. The molecule has 1 N–H and O–H groups in total. The number of amides is 1. The summed E-state index contributed by atoms with van der Waals surface area (Å²) in [4.78, 5) is 30.1. The van der Waals surface area contributed by atoms with Gasteiger partial charge in [0.15, 0.2) is 0 Å². The average Bonchev–Trinajstić information content (AvgIpc) is 2.67. The van der Waals surface area contributed by atoms with E-state index in [1.807, 2.05) is 31.2 Å². The highest BCUT2D eigenvalue weighted by atomic mass is 79.9. The van der Waals surface area contributed by atoms with Crippen molar-refractivity contribution in [3.05, 3.63) is 74.7 Å². The van der Waals surface area contributed by atoms with E-state index in [1.54, 1.807) is 35.9 Å². The van der Waals surface area contributed by atoms with Crippen LogP contribution in [0.4, 0.5) is 0 Å². The zero-order valence-corrected chi connectivity index (χ0v) is 16.7. The molecule has 0 radical (unpaired) electrons. The maximum absolute atomic E-state index is 12.9. The number of hydrogen-bond donors (Lipinski definition) is 1. The van der Waals surface area contributed by atoms with Crippen LogP contribution in [0.3, 0.4) is 0 Å². The van der Waals surface area contributed by atoms with Gasteiger partial charge in [0.2, 0.25) is 0 Å². The van der Waals surface area contributed by atoms with Crippen LogP contribution in [-0.4, -0.2) is 29.2 Å². The minimum absolute atomic E-state index is 0.141. The van der Waals surface area contributed by atoms with Gasteiger partial charge in [0, 0.05) is 17.1 Å². The zero-order valence-electron chi connectivity index (χ0n) is 15.1. The van der Waals surface area contributed by atoms with Crippen LogP contribution < -0.4 is 10.9 Å². The number of carbonyl (C=O) groups is 1. The molecule has 0 spiro atoms. The third-order valence-electron chi connectivity index (χ3n) is 4.25. The first kappa shape index (κ1) is 19.3. The van der Waals surface area contributed by atoms with Crippen molar-refractivity contribution in [3.63, 3.8) is 0 Å². The SMILES string of the molecule is COCCn1c(C(C)NC(=O)c2ccc(Br)cc2)nc2ccccc2c1=O. The van der Waals surface area contributed by atoms with Gasteiger partial charge in [-0.3, -0.25) is 14.2 Å². The Balaban J connectivity index is 1.96. The van der Waals surface area contributed by atoms with Crippen molar-refractivity contribution in [3.8, 4) is 0 Å². The van der Waals surface area contributed by atoms with E-state index in [0.717, 1.165) is 4.47 Å². The van der Waals surface area contributed by atoms with Crippen molar-refractivity contribution < 1.29 is 9.53 Å². The molecular formula is C20H20BrN3O3. The lowest BCUT2D eigenvalue weighted by molar-refractivity contribution is 0.0937. The molecule has 1 heterocycles. The third kappa shape index (κ3) is 4.26. The number of fused-ring (bicyclic) bond motifs is 1. The average molecular weight is 430 g/mol. The Bertz CT molecular complexity index is 1020. The van der Waals surface area contributed by atoms with Crippen LogP contribution in [0, 0.1) is 0 Å². The van der Waals surface area contributed by atoms with Gasteiger partial charge in [-0.1, -0.05) is 28.1 Å². The summed E-state index contributed by atoms with van der Waals surface area (Å²) in [5.41, 5.74) is 1.00. The standard InChI is InChI=1S/C20H20BrN3O3/c1-13(22-19(25)14-7-9-15(21)10-8-14)18-23-17-6-4-3-5-16(17)20(26)24(18)11-12-27-2/h3-10,13H,11-12H2,1-2H3,(H,22,25). The molecule has 1 aromatic heterocycles. The Hall–Kier alpha value is -2.51. The number of nitrogens with zero attached hydrogens (tertiary/aromatic N) is 2. The molecule has 2 aromatic carbocycles. The van der Waals surface area contributed by atoms with Crippen molar-refractivity contribution in [1.29, 1.82) is 0 Å². The monoisotopic (exact) mass is 429 g/mol. The Labute approximate surface area is 165 Å². The second kappa shape index (κ2) is 8.45. The number of benzene rings is 2. The predicted molar refractivity (Wildman–Crippen MR) is 108 cm³/mol. The van der Waals surface area contributed by atoms with Gasteiger partial charge < -0.3 is 10.1 Å². The van der Waals surface area contributed by atoms with E-state index in [1.165, 1.54) is 0 Å². The van der Waals surface area contributed by atoms with Gasteiger partial charge in [0.1, 0.15) is 5.82 Å². The number of para-hydroxylation sites is 1. The van der Waals surface area contributed by atoms with Crippen LogP contribution in [0.1, 0.15) is 29.1 Å². The fourth-order valence-corrected chi connectivity index (χ4v) is 3.12. The lowest BCUT2D eigenvalue weighted by atomic mass is 10.2. The maximum Gasteiger partial charge on any atom is 0.261 e. The fraction of sp³-hybridized carbons (Fsp3) is 0.250. The Morgan fingerprint density at radius 3 is 2.63 bits per heavy atom. The third-order valence-corrected chi connectivity index (χ3v) is 4.78. The molecule has 0 fully saturated rings. The number of ether oxygens (including phenoxy) is 1. The van der Waals surface area contributed by atoms with Gasteiger partial charge in [-0.15, -0.1) is 0 Å². The van der Waals surface area contributed by atoms with Gasteiger partial charge in [-0.2, -0.15) is 0 Å². The Kier molecular flexibility index (Phi) is 6.03. The number of aromatic nitrogens is 2. The van der Waals surface area contributed by atoms with Crippen molar-refractivity contribution in [2.24, 2.45) is 0 Å². The molecule has 0 aliphatic heterocycles. The van der Waals surface area contributed by atoms with Crippen LogP contribution >= 0.6 is 15.9 Å². The topological polar surface area (TPSA) is 73.2 Å². The normalized spacial score (nSPS) is 12.1. The van der Waals surface area contributed by atoms with Gasteiger partial charge in [-0.25, -0.2) is 4.98 Å². The molecular weight excluding hydrogens is 410 g/mol. The first-order valence-electron chi connectivity index (χ1n) is 8.56. The summed E-state index contributed by atoms with van der Waals surface area (Å²) in [5, 5.41) is 3.47. The minimum atomic E-state index is -0.449. The van der Waals surface area contributed by atoms with E-state index in [9.17, 15) is 9.59 Å². The molecule has 7 heteroatoms. The van der Waals surface area contributed by atoms with Crippen molar-refractivity contribution in [2.75, 3.05) is 13.7 Å². The molecule has 140 valence electrons. The van der Waals surface area contributed by atoms with E-state index in [-0.39, 0.29) is 11.5 Å². The van der Waals surface area contributed by atoms with E-state index in [2.05, 4.69) is 26.2 Å². The Morgan fingerprint density at radius 2 is 1.93 bits per heavy atom. The van der Waals surface area contributed by atoms with Gasteiger partial charge in [0.05, 0.1) is 30.1 Å². The van der Waals surface area contributed by atoms with E-state index in [4.69, 9.17) is 4.74 Å². The maximum atomic E-state index is 12.9. The summed E-state index contributed by atoms with van der Waals surface area (Å²) in [6, 6.07) is 13.8. The van der Waals surface area contributed by atoms with Crippen molar-refractivity contribution >= 4 is 32.7 Å². The van der Waals surface area contributed by atoms with Crippen LogP contribution in [-0.2, 0) is 11.3 Å². The summed E-state index contributed by atoms with van der Waals surface area (Å²) < 4.78 is 7.60. The molecule has 6 nitrogen and oxygen atoms in total. The first-order valence-corrected chi connectivity index (χ1v) is 9.35. The van der Waals surface area contributed by atoms with Gasteiger partial charge >= 0.3 is 0 Å². The van der Waals surface area contributed by atoms with Crippen LogP contribution in [0.2, 0.25) is 0 Å². The smallest absolute Gasteiger partial charge is 0.261 e. The lowest BCUT2D eigenvalue weighted by Gasteiger charge is -2.19. The highest BCUT2D eigenvalue weighted by Crippen LogP contribution is 2.16. The summed E-state index contributed by atoms with van der Waals surface area (Å²) >= 11 is 3.36. The van der Waals surface area contributed by atoms with Crippen LogP contribution in [0.5, 0.6) is 0 Å². The number of methoxy groups -OCH3 is 1. The Morgan fingerprint density at radius 1 is 1.22 bits per heavy atom. The van der Waals surface area contributed by atoms with E-state index in [0.29, 0.717) is 35.4 Å². The molecule has 1 amide bonds. The van der Waals surface area contributed by atoms with Gasteiger partial charge in [-0.05, 0) is 43.3 Å². The van der Waals surface area contributed by atoms with E-state index < -0.39 is 6.04 Å². The summed E-state index contributed by atoms with van der Waals surface area (Å²) in [5.74, 6) is 0.275. The quantitative estimate of drug-likeness (QED) is 0.652. The molecule has 3 rings (SSSR count). The highest BCUT2D eigenvalue weighted by molar-refractivity contribution is 9.10. The fourth-order valence-electron chi connectivity index (χ4n) is 2.86. The molecule has 0 aliphatic rings. The molecule has 27 heavy (non-hydrogen) atoms. The molecule has 0 saturated carbocycles. The van der Waals surface area contributed by atoms with Crippen molar-refractivity contribution in [2.45, 2.75) is 19.5 Å². The number of hydrogen-bond acceptors (Lipinski definition) is 4. The molecule has 3 aromatic rings. The summed E-state index contributed by atoms with van der Waals surface area (Å²) in [7, 11) is 1.58. The second-order valence-corrected chi connectivity index (χ2v) is 7.05. The predicted octanol–water partition coefficient (Wildman–Crippen LogP) is 3.30. The zero-order chi connectivity index (χ0) is 19.4. The molecule has 0 aliphatic carbocycles. The summed E-state index contributed by atoms with van der Waals surface area (Å²) in [6.45, 7) is 2.55. The van der Waals surface area contributed by atoms with Crippen LogP contribution in [0.15, 0.2) is 57.8 Å².